The third-order valence-corrected chi connectivity index (χ3v) is 2.90. The minimum absolute atomic E-state index is 0.564. The van der Waals surface area contributed by atoms with Crippen LogP contribution in [0.3, 0.4) is 0 Å². The van der Waals surface area contributed by atoms with E-state index >= 15 is 0 Å². The Kier molecular flexibility index (Phi) is 2.86. The molecule has 1 radical (unpaired) electrons. The van der Waals surface area contributed by atoms with Crippen LogP contribution in [0.15, 0.2) is 6.07 Å². The molecule has 0 aliphatic carbocycles. The number of rotatable bonds is 1. The zero-order valence-electron chi connectivity index (χ0n) is 7.73. The highest BCUT2D eigenvalue weighted by molar-refractivity contribution is 6.36. The van der Waals surface area contributed by atoms with Gasteiger partial charge in [-0.15, -0.1) is 0 Å². The summed E-state index contributed by atoms with van der Waals surface area (Å²) < 4.78 is 5.25. The van der Waals surface area contributed by atoms with Crippen molar-refractivity contribution in [3.05, 3.63) is 33.7 Å². The minimum atomic E-state index is 0.564. The van der Waals surface area contributed by atoms with E-state index < -0.39 is 0 Å². The second-order valence-electron chi connectivity index (χ2n) is 3.10. The molecule has 2 nitrogen and oxygen atoms in total. The van der Waals surface area contributed by atoms with Crippen molar-refractivity contribution in [2.24, 2.45) is 0 Å². The molecule has 0 amide bonds. The van der Waals surface area contributed by atoms with Crippen molar-refractivity contribution in [3.63, 3.8) is 0 Å². The van der Waals surface area contributed by atoms with Crippen molar-refractivity contribution in [2.45, 2.75) is 6.54 Å². The molecule has 1 aromatic rings. The lowest BCUT2D eigenvalue weighted by Crippen LogP contribution is -2.23. The molecule has 1 heterocycles. The van der Waals surface area contributed by atoms with Crippen LogP contribution in [0.5, 0.6) is 5.75 Å². The van der Waals surface area contributed by atoms with E-state index in [1.54, 1.807) is 13.2 Å². The highest BCUT2D eigenvalue weighted by atomic mass is 35.5. The van der Waals surface area contributed by atoms with Gasteiger partial charge in [0.1, 0.15) is 5.75 Å². The molecule has 0 aromatic heterocycles. The summed E-state index contributed by atoms with van der Waals surface area (Å²) in [7, 11) is 1.62. The molecule has 0 spiro atoms. The highest BCUT2D eigenvalue weighted by Crippen LogP contribution is 2.37. The molecule has 1 aliphatic heterocycles. The Labute approximate surface area is 93.2 Å². The molecule has 0 bridgehead atoms. The predicted molar refractivity (Wildman–Crippen MR) is 58.1 cm³/mol. The summed E-state index contributed by atoms with van der Waals surface area (Å²) in [5, 5.41) is 4.47. The normalized spacial score (nSPS) is 15.1. The number of benzene rings is 1. The van der Waals surface area contributed by atoms with Crippen LogP contribution in [0, 0.1) is 6.42 Å². The van der Waals surface area contributed by atoms with Gasteiger partial charge in [0.2, 0.25) is 0 Å². The van der Waals surface area contributed by atoms with Gasteiger partial charge in [0, 0.05) is 30.1 Å². The van der Waals surface area contributed by atoms with Gasteiger partial charge in [-0.3, -0.25) is 0 Å². The highest BCUT2D eigenvalue weighted by Gasteiger charge is 2.19. The first kappa shape index (κ1) is 10.1. The Balaban J connectivity index is 2.61. The van der Waals surface area contributed by atoms with Crippen LogP contribution in [0.1, 0.15) is 11.1 Å². The Morgan fingerprint density at radius 3 is 2.86 bits per heavy atom. The van der Waals surface area contributed by atoms with Crippen molar-refractivity contribution in [1.82, 2.24) is 5.32 Å². The lowest BCUT2D eigenvalue weighted by Gasteiger charge is -2.21. The smallest absolute Gasteiger partial charge is 0.141 e. The topological polar surface area (TPSA) is 21.3 Å². The molecule has 1 aliphatic rings. The maximum atomic E-state index is 6.08. The third kappa shape index (κ3) is 1.58. The summed E-state index contributed by atoms with van der Waals surface area (Å²) in [6.45, 7) is 1.58. The van der Waals surface area contributed by atoms with E-state index in [-0.39, 0.29) is 0 Å². The number of hydrogen-bond acceptors (Lipinski definition) is 2. The molecule has 0 saturated heterocycles. The number of methoxy groups -OCH3 is 1. The SMILES string of the molecule is COc1c(Cl)cc(Cl)c2c1[CH]CNC2. The first-order valence-electron chi connectivity index (χ1n) is 4.33. The van der Waals surface area contributed by atoms with Crippen LogP contribution in [-0.4, -0.2) is 13.7 Å². The first-order chi connectivity index (χ1) is 6.74. The molecular weight excluding hydrogens is 221 g/mol. The molecule has 0 saturated carbocycles. The fraction of sp³-hybridized carbons (Fsp3) is 0.300. The summed E-state index contributed by atoms with van der Waals surface area (Å²) in [6, 6.07) is 1.72. The zero-order chi connectivity index (χ0) is 10.1. The number of fused-ring (bicyclic) bond motifs is 1. The van der Waals surface area contributed by atoms with Gasteiger partial charge in [0.25, 0.3) is 0 Å². The summed E-state index contributed by atoms with van der Waals surface area (Å²) in [4.78, 5) is 0. The van der Waals surface area contributed by atoms with Crippen molar-refractivity contribution >= 4 is 23.2 Å². The number of nitrogens with one attached hydrogen (secondary N) is 1. The van der Waals surface area contributed by atoms with Gasteiger partial charge in [-0.1, -0.05) is 23.2 Å². The van der Waals surface area contributed by atoms with Crippen LogP contribution < -0.4 is 10.1 Å². The molecule has 0 fully saturated rings. The van der Waals surface area contributed by atoms with Gasteiger partial charge in [0.05, 0.1) is 12.1 Å². The van der Waals surface area contributed by atoms with Gasteiger partial charge in [0.15, 0.2) is 0 Å². The van der Waals surface area contributed by atoms with Crippen molar-refractivity contribution in [3.8, 4) is 5.75 Å². The van der Waals surface area contributed by atoms with Gasteiger partial charge in [-0.25, -0.2) is 0 Å². The Morgan fingerprint density at radius 2 is 2.14 bits per heavy atom. The zero-order valence-corrected chi connectivity index (χ0v) is 9.24. The number of hydrogen-bond donors (Lipinski definition) is 1. The second-order valence-corrected chi connectivity index (χ2v) is 3.92. The molecule has 1 aromatic carbocycles. The molecule has 75 valence electrons. The molecule has 0 unspecified atom stereocenters. The first-order valence-corrected chi connectivity index (χ1v) is 5.08. The summed E-state index contributed by atoms with van der Waals surface area (Å²) in [5.41, 5.74) is 2.07. The van der Waals surface area contributed by atoms with Crippen molar-refractivity contribution in [2.75, 3.05) is 13.7 Å². The van der Waals surface area contributed by atoms with Crippen LogP contribution in [-0.2, 0) is 6.54 Å². The Hall–Kier alpha value is -0.440. The predicted octanol–water partition coefficient (Wildman–Crippen LogP) is 2.66. The third-order valence-electron chi connectivity index (χ3n) is 2.28. The van der Waals surface area contributed by atoms with E-state index in [2.05, 4.69) is 5.32 Å². The van der Waals surface area contributed by atoms with Crippen LogP contribution >= 0.6 is 23.2 Å². The number of halogens is 2. The molecule has 0 atom stereocenters. The van der Waals surface area contributed by atoms with Crippen LogP contribution in [0.25, 0.3) is 0 Å². The van der Waals surface area contributed by atoms with Gasteiger partial charge in [-0.2, -0.15) is 0 Å². The summed E-state index contributed by atoms with van der Waals surface area (Å²) in [6.07, 6.45) is 2.04. The average Bonchev–Trinajstić information content (AvgIpc) is 2.18. The van der Waals surface area contributed by atoms with E-state index in [1.165, 1.54) is 0 Å². The second kappa shape index (κ2) is 3.97. The molecule has 1 N–H and O–H groups in total. The maximum absolute atomic E-state index is 6.08. The maximum Gasteiger partial charge on any atom is 0.141 e. The Morgan fingerprint density at radius 1 is 1.36 bits per heavy atom. The minimum Gasteiger partial charge on any atom is -0.495 e. The average molecular weight is 231 g/mol. The summed E-state index contributed by atoms with van der Waals surface area (Å²) in [5.74, 6) is 0.715. The van der Waals surface area contributed by atoms with Crippen molar-refractivity contribution < 1.29 is 4.74 Å². The van der Waals surface area contributed by atoms with E-state index in [9.17, 15) is 0 Å². The fourth-order valence-corrected chi connectivity index (χ4v) is 2.25. The number of ether oxygens (including phenoxy) is 1. The summed E-state index contributed by atoms with van der Waals surface area (Å²) >= 11 is 12.1. The lowest BCUT2D eigenvalue weighted by atomic mass is 10.00. The Bertz CT molecular complexity index is 345. The van der Waals surface area contributed by atoms with Gasteiger partial charge >= 0.3 is 0 Å². The quantitative estimate of drug-likeness (QED) is 0.802. The fourth-order valence-electron chi connectivity index (χ4n) is 1.63. The van der Waals surface area contributed by atoms with E-state index in [1.807, 2.05) is 6.42 Å². The van der Waals surface area contributed by atoms with E-state index in [0.717, 1.165) is 24.2 Å². The monoisotopic (exact) mass is 230 g/mol. The van der Waals surface area contributed by atoms with Gasteiger partial charge < -0.3 is 10.1 Å². The van der Waals surface area contributed by atoms with Crippen LogP contribution in [0.4, 0.5) is 0 Å². The largest absolute Gasteiger partial charge is 0.495 e. The molecule has 4 heteroatoms. The molecule has 14 heavy (non-hydrogen) atoms. The van der Waals surface area contributed by atoms with Crippen LogP contribution in [0.2, 0.25) is 10.0 Å². The molecular formula is C10H10Cl2NO. The lowest BCUT2D eigenvalue weighted by molar-refractivity contribution is 0.410. The van der Waals surface area contributed by atoms with E-state index in [4.69, 9.17) is 27.9 Å². The van der Waals surface area contributed by atoms with Gasteiger partial charge in [-0.05, 0) is 11.6 Å². The standard InChI is InChI=1S/C10H10Cl2NO/c1-14-10-6-2-3-13-5-7(6)8(11)4-9(10)12/h2,4,13H,3,5H2,1H3. The van der Waals surface area contributed by atoms with E-state index in [0.29, 0.717) is 15.8 Å². The van der Waals surface area contributed by atoms with Crippen molar-refractivity contribution in [1.29, 1.82) is 0 Å². The molecule has 2 rings (SSSR count).